The third-order valence-corrected chi connectivity index (χ3v) is 4.15. The lowest BCUT2D eigenvalue weighted by molar-refractivity contribution is -0.137. The maximum Gasteiger partial charge on any atom is 0.305 e. The van der Waals surface area contributed by atoms with Crippen molar-refractivity contribution in [3.8, 4) is 0 Å². The van der Waals surface area contributed by atoms with Gasteiger partial charge >= 0.3 is 5.97 Å². The second-order valence-electron chi connectivity index (χ2n) is 5.58. The van der Waals surface area contributed by atoms with Crippen molar-refractivity contribution in [1.82, 2.24) is 5.32 Å². The zero-order chi connectivity index (χ0) is 17.5. The van der Waals surface area contributed by atoms with E-state index < -0.39 is 12.0 Å². The Balaban J connectivity index is 2.20. The Hall–Kier alpha value is -2.33. The maximum atomic E-state index is 12.7. The summed E-state index contributed by atoms with van der Waals surface area (Å²) in [5.41, 5.74) is 1.64. The third-order valence-electron chi connectivity index (χ3n) is 3.89. The molecule has 0 heterocycles. The van der Waals surface area contributed by atoms with Crippen molar-refractivity contribution in [2.75, 3.05) is 0 Å². The maximum absolute atomic E-state index is 12.7. The Morgan fingerprint density at radius 2 is 1.67 bits per heavy atom. The van der Waals surface area contributed by atoms with Gasteiger partial charge in [0.25, 0.3) is 0 Å². The molecule has 0 radical (unpaired) electrons. The van der Waals surface area contributed by atoms with Crippen molar-refractivity contribution in [3.63, 3.8) is 0 Å². The Morgan fingerprint density at radius 3 is 2.21 bits per heavy atom. The molecule has 0 aliphatic carbocycles. The minimum atomic E-state index is -0.969. The van der Waals surface area contributed by atoms with Gasteiger partial charge in [0, 0.05) is 5.02 Å². The minimum absolute atomic E-state index is 0.176. The molecule has 4 nitrogen and oxygen atoms in total. The summed E-state index contributed by atoms with van der Waals surface area (Å²) in [5, 5.41) is 12.6. The van der Waals surface area contributed by atoms with Crippen molar-refractivity contribution in [1.29, 1.82) is 0 Å². The quantitative estimate of drug-likeness (QED) is 0.791. The van der Waals surface area contributed by atoms with Crippen LogP contribution in [0.4, 0.5) is 0 Å². The second kappa shape index (κ2) is 8.50. The van der Waals surface area contributed by atoms with Gasteiger partial charge in [-0.1, -0.05) is 61.0 Å². The van der Waals surface area contributed by atoms with Crippen molar-refractivity contribution < 1.29 is 14.7 Å². The van der Waals surface area contributed by atoms with Gasteiger partial charge in [-0.05, 0) is 29.7 Å². The molecule has 24 heavy (non-hydrogen) atoms. The fraction of sp³-hybridized carbons (Fsp3) is 0.263. The van der Waals surface area contributed by atoms with E-state index in [0.29, 0.717) is 11.4 Å². The molecule has 126 valence electrons. The number of amides is 1. The average molecular weight is 346 g/mol. The second-order valence-corrected chi connectivity index (χ2v) is 6.02. The van der Waals surface area contributed by atoms with Crippen LogP contribution in [0.3, 0.4) is 0 Å². The molecule has 0 spiro atoms. The van der Waals surface area contributed by atoms with Crippen molar-refractivity contribution in [3.05, 3.63) is 70.7 Å². The van der Waals surface area contributed by atoms with E-state index in [4.69, 9.17) is 16.7 Å². The number of benzene rings is 2. The molecular weight excluding hydrogens is 326 g/mol. The first-order chi connectivity index (χ1) is 11.5. The standard InChI is InChI=1S/C19H20ClNO3/c1-2-16(13-6-4-3-5-7-13)19(24)21-17(12-18(22)23)14-8-10-15(20)11-9-14/h3-11,16-17H,2,12H2,1H3,(H,21,24)(H,22,23)/t16?,17-/m0/s1. The first-order valence-electron chi connectivity index (χ1n) is 7.83. The summed E-state index contributed by atoms with van der Waals surface area (Å²) in [6.45, 7) is 1.94. The number of hydrogen-bond acceptors (Lipinski definition) is 2. The molecule has 2 N–H and O–H groups in total. The summed E-state index contributed by atoms with van der Waals surface area (Å²) >= 11 is 5.88. The lowest BCUT2D eigenvalue weighted by Crippen LogP contribution is -2.34. The fourth-order valence-corrected chi connectivity index (χ4v) is 2.78. The molecule has 1 unspecified atom stereocenters. The molecule has 2 aromatic carbocycles. The number of carboxylic acids is 1. The van der Waals surface area contributed by atoms with E-state index in [2.05, 4.69) is 5.32 Å². The smallest absolute Gasteiger partial charge is 0.305 e. The molecule has 1 amide bonds. The first kappa shape index (κ1) is 18.0. The normalized spacial score (nSPS) is 13.1. The van der Waals surface area contributed by atoms with Gasteiger partial charge in [0.2, 0.25) is 5.91 Å². The molecule has 2 aromatic rings. The van der Waals surface area contributed by atoms with Gasteiger partial charge in [-0.25, -0.2) is 0 Å². The lowest BCUT2D eigenvalue weighted by Gasteiger charge is -2.22. The van der Waals surface area contributed by atoms with Gasteiger partial charge in [-0.3, -0.25) is 9.59 Å². The molecular formula is C19H20ClNO3. The van der Waals surface area contributed by atoms with E-state index in [0.717, 1.165) is 11.1 Å². The average Bonchev–Trinajstić information content (AvgIpc) is 2.56. The molecule has 0 saturated heterocycles. The highest BCUT2D eigenvalue weighted by atomic mass is 35.5. The van der Waals surface area contributed by atoms with Crippen molar-refractivity contribution >= 4 is 23.5 Å². The van der Waals surface area contributed by atoms with Crippen LogP contribution in [-0.4, -0.2) is 17.0 Å². The van der Waals surface area contributed by atoms with Crippen molar-refractivity contribution in [2.45, 2.75) is 31.7 Å². The number of halogens is 1. The molecule has 5 heteroatoms. The predicted molar refractivity (Wildman–Crippen MR) is 94.1 cm³/mol. The highest BCUT2D eigenvalue weighted by Crippen LogP contribution is 2.24. The summed E-state index contributed by atoms with van der Waals surface area (Å²) in [6.07, 6.45) is 0.453. The highest BCUT2D eigenvalue weighted by molar-refractivity contribution is 6.30. The largest absolute Gasteiger partial charge is 0.481 e. The van der Waals surface area contributed by atoms with Crippen LogP contribution in [0.1, 0.15) is 42.9 Å². The van der Waals surface area contributed by atoms with E-state index in [9.17, 15) is 9.59 Å². The lowest BCUT2D eigenvalue weighted by atomic mass is 9.94. The molecule has 0 bridgehead atoms. The van der Waals surface area contributed by atoms with Crippen LogP contribution in [-0.2, 0) is 9.59 Å². The summed E-state index contributed by atoms with van der Waals surface area (Å²) < 4.78 is 0. The third kappa shape index (κ3) is 4.83. The van der Waals surface area contributed by atoms with E-state index in [1.165, 1.54) is 0 Å². The van der Waals surface area contributed by atoms with Crippen LogP contribution in [0.15, 0.2) is 54.6 Å². The minimum Gasteiger partial charge on any atom is -0.481 e. The van der Waals surface area contributed by atoms with E-state index in [1.807, 2.05) is 37.3 Å². The van der Waals surface area contributed by atoms with Gasteiger partial charge in [-0.2, -0.15) is 0 Å². The van der Waals surface area contributed by atoms with E-state index in [-0.39, 0.29) is 18.2 Å². The number of rotatable bonds is 7. The molecule has 2 rings (SSSR count). The Bertz CT molecular complexity index is 686. The SMILES string of the molecule is CCC(C(=O)N[C@@H](CC(=O)O)c1ccc(Cl)cc1)c1ccccc1. The van der Waals surface area contributed by atoms with Crippen molar-refractivity contribution in [2.24, 2.45) is 0 Å². The van der Waals surface area contributed by atoms with Gasteiger partial charge in [-0.15, -0.1) is 0 Å². The van der Waals surface area contributed by atoms with Gasteiger partial charge in [0.15, 0.2) is 0 Å². The summed E-state index contributed by atoms with van der Waals surface area (Å²) in [7, 11) is 0. The molecule has 0 aliphatic heterocycles. The number of hydrogen-bond donors (Lipinski definition) is 2. The summed E-state index contributed by atoms with van der Waals surface area (Å²) in [6, 6.07) is 15.7. The predicted octanol–water partition coefficient (Wildman–Crippen LogP) is 4.17. The Labute approximate surface area is 146 Å². The van der Waals surface area contributed by atoms with Crippen LogP contribution in [0.5, 0.6) is 0 Å². The first-order valence-corrected chi connectivity index (χ1v) is 8.21. The van der Waals surface area contributed by atoms with Gasteiger partial charge in [0.1, 0.15) is 0 Å². The Morgan fingerprint density at radius 1 is 1.04 bits per heavy atom. The zero-order valence-corrected chi connectivity index (χ0v) is 14.2. The molecule has 0 fully saturated rings. The molecule has 2 atom stereocenters. The van der Waals surface area contributed by atoms with Crippen LogP contribution in [0.25, 0.3) is 0 Å². The van der Waals surface area contributed by atoms with E-state index in [1.54, 1.807) is 24.3 Å². The number of nitrogens with one attached hydrogen (secondary N) is 1. The number of aliphatic carboxylic acids is 1. The summed E-state index contributed by atoms with van der Waals surface area (Å²) in [4.78, 5) is 23.8. The summed E-state index contributed by atoms with van der Waals surface area (Å²) in [5.74, 6) is -1.46. The van der Waals surface area contributed by atoms with Gasteiger partial charge < -0.3 is 10.4 Å². The Kier molecular flexibility index (Phi) is 6.38. The zero-order valence-electron chi connectivity index (χ0n) is 13.4. The molecule has 0 aliphatic rings. The fourth-order valence-electron chi connectivity index (χ4n) is 2.65. The molecule has 0 saturated carbocycles. The monoisotopic (exact) mass is 345 g/mol. The van der Waals surface area contributed by atoms with Crippen LogP contribution >= 0.6 is 11.6 Å². The van der Waals surface area contributed by atoms with Crippen LogP contribution in [0, 0.1) is 0 Å². The van der Waals surface area contributed by atoms with Gasteiger partial charge in [0.05, 0.1) is 18.4 Å². The number of carbonyl (C=O) groups excluding carboxylic acids is 1. The van der Waals surface area contributed by atoms with Crippen LogP contribution < -0.4 is 5.32 Å². The van der Waals surface area contributed by atoms with E-state index >= 15 is 0 Å². The molecule has 0 aromatic heterocycles. The number of carbonyl (C=O) groups is 2. The van der Waals surface area contributed by atoms with Crippen LogP contribution in [0.2, 0.25) is 5.02 Å². The highest BCUT2D eigenvalue weighted by Gasteiger charge is 2.24. The number of carboxylic acid groups (broad SMARTS) is 1. The topological polar surface area (TPSA) is 66.4 Å².